The second kappa shape index (κ2) is 10.6. The molecule has 33 heavy (non-hydrogen) atoms. The molecule has 1 heterocycles. The number of carbonyl (C=O) groups is 1. The predicted octanol–water partition coefficient (Wildman–Crippen LogP) is 4.83. The van der Waals surface area contributed by atoms with Gasteiger partial charge in [0.1, 0.15) is 12.4 Å². The van der Waals surface area contributed by atoms with Gasteiger partial charge >= 0.3 is 5.97 Å². The molecule has 3 N–H and O–H groups in total. The fourth-order valence-corrected chi connectivity index (χ4v) is 4.13. The fraction of sp³-hybridized carbons (Fsp3) is 0.320. The van der Waals surface area contributed by atoms with Crippen LogP contribution in [0, 0.1) is 12.8 Å². The number of aryl methyl sites for hydroxylation is 1. The van der Waals surface area contributed by atoms with Gasteiger partial charge in [0.25, 0.3) is 0 Å². The Morgan fingerprint density at radius 1 is 1.09 bits per heavy atom. The van der Waals surface area contributed by atoms with E-state index in [-0.39, 0.29) is 24.4 Å². The summed E-state index contributed by atoms with van der Waals surface area (Å²) in [6.07, 6.45) is 0. The van der Waals surface area contributed by atoms with E-state index < -0.39 is 11.9 Å². The van der Waals surface area contributed by atoms with Crippen LogP contribution in [0.25, 0.3) is 0 Å². The molecule has 176 valence electrons. The Bertz CT molecular complexity index is 1080. The quantitative estimate of drug-likeness (QED) is 0.391. The molecular formula is C25H29ClN2O5. The molecule has 1 aromatic heterocycles. The third-order valence-corrected chi connectivity index (χ3v) is 5.98. The van der Waals surface area contributed by atoms with Crippen LogP contribution in [-0.2, 0) is 17.9 Å². The van der Waals surface area contributed by atoms with Crippen LogP contribution in [0.2, 0.25) is 5.02 Å². The number of aliphatic carboxylic acids is 1. The van der Waals surface area contributed by atoms with Crippen LogP contribution >= 0.6 is 11.6 Å². The van der Waals surface area contributed by atoms with Gasteiger partial charge in [-0.2, -0.15) is 0 Å². The molecule has 0 saturated carbocycles. The van der Waals surface area contributed by atoms with Crippen molar-refractivity contribution in [1.29, 1.82) is 0 Å². The summed E-state index contributed by atoms with van der Waals surface area (Å²) < 4.78 is 7.19. The summed E-state index contributed by atoms with van der Waals surface area (Å²) in [7, 11) is 1.91. The molecular weight excluding hydrogens is 444 g/mol. The molecule has 0 aliphatic rings. The van der Waals surface area contributed by atoms with Crippen LogP contribution in [0.15, 0.2) is 54.6 Å². The Kier molecular flexibility index (Phi) is 7.89. The molecule has 0 saturated heterocycles. The average molecular weight is 473 g/mol. The fourth-order valence-electron chi connectivity index (χ4n) is 4.00. The Hall–Kier alpha value is -3.16. The number of hydrogen-bond donors (Lipinski definition) is 3. The SMILES string of the molecule is Cc1cc(CN(C)C(c2ccc(Cl)cc2)C(C)C(=O)O)ccc1OCCn1c(O)ccc1O. The Morgan fingerprint density at radius 2 is 1.73 bits per heavy atom. The largest absolute Gasteiger partial charge is 0.494 e. The topological polar surface area (TPSA) is 95.2 Å². The van der Waals surface area contributed by atoms with E-state index in [1.54, 1.807) is 19.1 Å². The van der Waals surface area contributed by atoms with Crippen molar-refractivity contribution in [3.8, 4) is 17.5 Å². The molecule has 0 aliphatic heterocycles. The number of aromatic nitrogens is 1. The molecule has 2 aromatic carbocycles. The Balaban J connectivity index is 1.69. The predicted molar refractivity (Wildman–Crippen MR) is 127 cm³/mol. The van der Waals surface area contributed by atoms with Gasteiger partial charge in [-0.3, -0.25) is 14.3 Å². The maximum atomic E-state index is 11.8. The normalized spacial score (nSPS) is 13.1. The first-order valence-corrected chi connectivity index (χ1v) is 11.0. The van der Waals surface area contributed by atoms with Gasteiger partial charge in [-0.05, 0) is 48.9 Å². The van der Waals surface area contributed by atoms with Crippen molar-refractivity contribution in [2.24, 2.45) is 5.92 Å². The highest BCUT2D eigenvalue weighted by Gasteiger charge is 2.29. The van der Waals surface area contributed by atoms with E-state index in [1.165, 1.54) is 16.7 Å². The second-order valence-corrected chi connectivity index (χ2v) is 8.62. The van der Waals surface area contributed by atoms with Crippen LogP contribution in [0.5, 0.6) is 17.5 Å². The number of ether oxygens (including phenoxy) is 1. The van der Waals surface area contributed by atoms with E-state index in [0.29, 0.717) is 23.9 Å². The second-order valence-electron chi connectivity index (χ2n) is 8.19. The number of carboxylic acids is 1. The number of benzene rings is 2. The standard InChI is InChI=1S/C25H29ClN2O5/c1-16-14-18(4-9-21(16)33-13-12-28-22(29)10-11-23(28)30)15-27(3)24(17(2)25(31)32)19-5-7-20(26)8-6-19/h4-11,14,17,24,29-30H,12-13,15H2,1-3H3,(H,31,32). The smallest absolute Gasteiger partial charge is 0.308 e. The third kappa shape index (κ3) is 6.00. The lowest BCUT2D eigenvalue weighted by molar-refractivity contribution is -0.143. The van der Waals surface area contributed by atoms with Crippen LogP contribution in [-0.4, -0.2) is 44.4 Å². The first kappa shape index (κ1) is 24.5. The van der Waals surface area contributed by atoms with Gasteiger partial charge in [-0.25, -0.2) is 0 Å². The monoisotopic (exact) mass is 472 g/mol. The van der Waals surface area contributed by atoms with E-state index in [0.717, 1.165) is 16.7 Å². The summed E-state index contributed by atoms with van der Waals surface area (Å²) >= 11 is 6.01. The molecule has 0 spiro atoms. The zero-order chi connectivity index (χ0) is 24.1. The van der Waals surface area contributed by atoms with Crippen LogP contribution in [0.4, 0.5) is 0 Å². The van der Waals surface area contributed by atoms with Crippen molar-refractivity contribution in [2.75, 3.05) is 13.7 Å². The van der Waals surface area contributed by atoms with E-state index in [2.05, 4.69) is 0 Å². The average Bonchev–Trinajstić information content (AvgIpc) is 3.08. The zero-order valence-electron chi connectivity index (χ0n) is 18.9. The number of carboxylic acid groups (broad SMARTS) is 1. The summed E-state index contributed by atoms with van der Waals surface area (Å²) in [5.74, 6) is -0.794. The molecule has 2 unspecified atom stereocenters. The Morgan fingerprint density at radius 3 is 2.30 bits per heavy atom. The molecule has 0 radical (unpaired) electrons. The highest BCUT2D eigenvalue weighted by Crippen LogP contribution is 2.31. The van der Waals surface area contributed by atoms with E-state index in [4.69, 9.17) is 16.3 Å². The number of hydrogen-bond acceptors (Lipinski definition) is 5. The molecule has 3 rings (SSSR count). The maximum Gasteiger partial charge on any atom is 0.308 e. The summed E-state index contributed by atoms with van der Waals surface area (Å²) in [6.45, 7) is 4.80. The lowest BCUT2D eigenvalue weighted by atomic mass is 9.93. The van der Waals surface area contributed by atoms with Crippen molar-refractivity contribution < 1.29 is 24.9 Å². The van der Waals surface area contributed by atoms with Gasteiger partial charge in [-0.15, -0.1) is 0 Å². The van der Waals surface area contributed by atoms with Crippen molar-refractivity contribution in [2.45, 2.75) is 33.0 Å². The van der Waals surface area contributed by atoms with Crippen LogP contribution < -0.4 is 4.74 Å². The molecule has 0 amide bonds. The van der Waals surface area contributed by atoms with Gasteiger partial charge in [0.2, 0.25) is 0 Å². The van der Waals surface area contributed by atoms with Crippen molar-refractivity contribution in [1.82, 2.24) is 9.47 Å². The van der Waals surface area contributed by atoms with Gasteiger partial charge in [0.05, 0.1) is 12.5 Å². The highest BCUT2D eigenvalue weighted by molar-refractivity contribution is 6.30. The van der Waals surface area contributed by atoms with Gasteiger partial charge in [0, 0.05) is 29.7 Å². The van der Waals surface area contributed by atoms with Crippen LogP contribution in [0.3, 0.4) is 0 Å². The lowest BCUT2D eigenvalue weighted by Gasteiger charge is -2.31. The summed E-state index contributed by atoms with van der Waals surface area (Å²) in [4.78, 5) is 13.8. The molecule has 8 heteroatoms. The minimum atomic E-state index is -0.860. The third-order valence-electron chi connectivity index (χ3n) is 5.73. The number of aromatic hydroxyl groups is 2. The number of rotatable bonds is 10. The van der Waals surface area contributed by atoms with E-state index in [9.17, 15) is 20.1 Å². The molecule has 7 nitrogen and oxygen atoms in total. The summed E-state index contributed by atoms with van der Waals surface area (Å²) in [5, 5.41) is 29.7. The highest BCUT2D eigenvalue weighted by atomic mass is 35.5. The first-order chi connectivity index (χ1) is 15.7. The van der Waals surface area contributed by atoms with Gasteiger partial charge < -0.3 is 20.1 Å². The first-order valence-electron chi connectivity index (χ1n) is 10.7. The summed E-state index contributed by atoms with van der Waals surface area (Å²) in [5.41, 5.74) is 2.86. The number of halogens is 1. The minimum Gasteiger partial charge on any atom is -0.494 e. The maximum absolute atomic E-state index is 11.8. The molecule has 3 aromatic rings. The van der Waals surface area contributed by atoms with Crippen molar-refractivity contribution in [3.05, 3.63) is 76.3 Å². The van der Waals surface area contributed by atoms with E-state index >= 15 is 0 Å². The van der Waals surface area contributed by atoms with Crippen molar-refractivity contribution in [3.63, 3.8) is 0 Å². The van der Waals surface area contributed by atoms with Crippen molar-refractivity contribution >= 4 is 17.6 Å². The van der Waals surface area contributed by atoms with Crippen LogP contribution in [0.1, 0.15) is 29.7 Å². The van der Waals surface area contributed by atoms with Gasteiger partial charge in [-0.1, -0.05) is 42.8 Å². The molecule has 0 aliphatic carbocycles. The molecule has 0 bridgehead atoms. The zero-order valence-corrected chi connectivity index (χ0v) is 19.7. The Labute approximate surface area is 198 Å². The lowest BCUT2D eigenvalue weighted by Crippen LogP contribution is -2.33. The van der Waals surface area contributed by atoms with E-state index in [1.807, 2.05) is 49.2 Å². The number of nitrogens with zero attached hydrogens (tertiary/aromatic N) is 2. The molecule has 0 fully saturated rings. The van der Waals surface area contributed by atoms with Gasteiger partial charge in [0.15, 0.2) is 11.8 Å². The minimum absolute atomic E-state index is 0.0166. The summed E-state index contributed by atoms with van der Waals surface area (Å²) in [6, 6.07) is 15.7. The molecule has 2 atom stereocenters.